The highest BCUT2D eigenvalue weighted by Crippen LogP contribution is 2.37. The molecule has 0 atom stereocenters. The topological polar surface area (TPSA) is 60.3 Å². The molecule has 0 bridgehead atoms. The van der Waals surface area contributed by atoms with E-state index < -0.39 is 0 Å². The Balaban J connectivity index is 3.27. The Morgan fingerprint density at radius 2 is 1.62 bits per heavy atom. The van der Waals surface area contributed by atoms with Gasteiger partial charge in [-0.3, -0.25) is 0 Å². The van der Waals surface area contributed by atoms with Crippen LogP contribution in [0.25, 0.3) is 0 Å². The van der Waals surface area contributed by atoms with E-state index in [4.69, 9.17) is 9.47 Å². The molecule has 0 saturated heterocycles. The zero-order chi connectivity index (χ0) is 12.1. The predicted octanol–water partition coefficient (Wildman–Crippen LogP) is 1.78. The summed E-state index contributed by atoms with van der Waals surface area (Å²) in [5.74, 6) is 0.638. The lowest BCUT2D eigenvalue weighted by molar-refractivity contribution is 0.213. The predicted molar refractivity (Wildman–Crippen MR) is 60.4 cm³/mol. The van der Waals surface area contributed by atoms with Gasteiger partial charge in [-0.15, -0.1) is 0 Å². The molecule has 1 aromatic rings. The maximum Gasteiger partial charge on any atom is 0.200 e. The van der Waals surface area contributed by atoms with Crippen LogP contribution in [0.1, 0.15) is 12.5 Å². The number of hydrogen-bond donors (Lipinski definition) is 1. The van der Waals surface area contributed by atoms with Gasteiger partial charge in [-0.2, -0.15) is 0 Å². The average Bonchev–Trinajstić information content (AvgIpc) is 2.29. The van der Waals surface area contributed by atoms with Gasteiger partial charge in [0.2, 0.25) is 5.75 Å². The Hall–Kier alpha value is -1.91. The van der Waals surface area contributed by atoms with Gasteiger partial charge >= 0.3 is 0 Å². The molecule has 1 aromatic carbocycles. The van der Waals surface area contributed by atoms with Gasteiger partial charge in [-0.05, 0) is 19.1 Å². The van der Waals surface area contributed by atoms with Gasteiger partial charge in [0.05, 0.1) is 19.9 Å². The fourth-order valence-corrected chi connectivity index (χ4v) is 1.29. The molecule has 0 spiro atoms. The van der Waals surface area contributed by atoms with Crippen molar-refractivity contribution in [3.05, 3.63) is 17.7 Å². The normalized spacial score (nSPS) is 11.1. The van der Waals surface area contributed by atoms with Crippen LogP contribution in [-0.4, -0.2) is 32.1 Å². The molecule has 5 nitrogen and oxygen atoms in total. The van der Waals surface area contributed by atoms with Crippen molar-refractivity contribution >= 4 is 5.71 Å². The molecule has 0 heterocycles. The lowest BCUT2D eigenvalue weighted by atomic mass is 10.1. The molecule has 5 heteroatoms. The maximum absolute atomic E-state index is 9.70. The summed E-state index contributed by atoms with van der Waals surface area (Å²) in [6, 6.07) is 3.32. The Kier molecular flexibility index (Phi) is 3.99. The Morgan fingerprint density at radius 1 is 1.12 bits per heavy atom. The molecule has 0 aromatic heterocycles. The summed E-state index contributed by atoms with van der Waals surface area (Å²) in [5.41, 5.74) is 1.42. The van der Waals surface area contributed by atoms with E-state index in [1.165, 1.54) is 21.3 Å². The number of ether oxygens (including phenoxy) is 2. The summed E-state index contributed by atoms with van der Waals surface area (Å²) in [4.78, 5) is 4.68. The maximum atomic E-state index is 9.70. The summed E-state index contributed by atoms with van der Waals surface area (Å²) in [6.07, 6.45) is 0. The largest absolute Gasteiger partial charge is 0.502 e. The number of hydrogen-bond acceptors (Lipinski definition) is 5. The van der Waals surface area contributed by atoms with Crippen LogP contribution in [0, 0.1) is 0 Å². The lowest BCUT2D eigenvalue weighted by Crippen LogP contribution is -1.98. The minimum atomic E-state index is -0.0287. The van der Waals surface area contributed by atoms with E-state index in [1.807, 2.05) is 0 Å². The second-order valence-corrected chi connectivity index (χ2v) is 3.09. The van der Waals surface area contributed by atoms with Crippen molar-refractivity contribution in [2.24, 2.45) is 5.16 Å². The minimum absolute atomic E-state index is 0.0287. The number of aromatic hydroxyl groups is 1. The third-order valence-electron chi connectivity index (χ3n) is 2.13. The van der Waals surface area contributed by atoms with Crippen LogP contribution in [-0.2, 0) is 4.84 Å². The van der Waals surface area contributed by atoms with Crippen molar-refractivity contribution in [1.29, 1.82) is 0 Å². The number of nitrogens with zero attached hydrogens (tertiary/aromatic N) is 1. The zero-order valence-electron chi connectivity index (χ0n) is 9.77. The Bertz CT molecular complexity index is 376. The molecule has 0 aliphatic carbocycles. The third kappa shape index (κ3) is 2.36. The SMILES string of the molecule is CO/N=C(/C)c1cc(OC)c(O)c(OC)c1. The van der Waals surface area contributed by atoms with E-state index in [0.717, 1.165) is 5.56 Å². The molecule has 0 amide bonds. The number of oxime groups is 1. The number of methoxy groups -OCH3 is 2. The molecule has 88 valence electrons. The second-order valence-electron chi connectivity index (χ2n) is 3.09. The highest BCUT2D eigenvalue weighted by atomic mass is 16.6. The van der Waals surface area contributed by atoms with Crippen molar-refractivity contribution in [3.8, 4) is 17.2 Å². The molecule has 0 radical (unpaired) electrons. The van der Waals surface area contributed by atoms with E-state index in [1.54, 1.807) is 19.1 Å². The zero-order valence-corrected chi connectivity index (χ0v) is 9.77. The lowest BCUT2D eigenvalue weighted by Gasteiger charge is -2.10. The van der Waals surface area contributed by atoms with Gasteiger partial charge < -0.3 is 19.4 Å². The third-order valence-corrected chi connectivity index (χ3v) is 2.13. The van der Waals surface area contributed by atoms with Crippen molar-refractivity contribution in [2.75, 3.05) is 21.3 Å². The van der Waals surface area contributed by atoms with Gasteiger partial charge in [-0.25, -0.2) is 0 Å². The van der Waals surface area contributed by atoms with Crippen molar-refractivity contribution in [1.82, 2.24) is 0 Å². The Labute approximate surface area is 94.2 Å². The summed E-state index contributed by atoms with van der Waals surface area (Å²) < 4.78 is 10.1. The average molecular weight is 225 g/mol. The van der Waals surface area contributed by atoms with Crippen LogP contribution in [0.3, 0.4) is 0 Å². The summed E-state index contributed by atoms with van der Waals surface area (Å²) in [5, 5.41) is 13.5. The molecule has 0 fully saturated rings. The van der Waals surface area contributed by atoms with Crippen molar-refractivity contribution in [3.63, 3.8) is 0 Å². The molecular formula is C11H15NO4. The molecule has 16 heavy (non-hydrogen) atoms. The number of benzene rings is 1. The van der Waals surface area contributed by atoms with Gasteiger partial charge in [0.15, 0.2) is 11.5 Å². The number of phenols is 1. The van der Waals surface area contributed by atoms with Crippen molar-refractivity contribution < 1.29 is 19.4 Å². The van der Waals surface area contributed by atoms with E-state index in [9.17, 15) is 5.11 Å². The van der Waals surface area contributed by atoms with E-state index >= 15 is 0 Å². The molecule has 1 rings (SSSR count). The fourth-order valence-electron chi connectivity index (χ4n) is 1.29. The smallest absolute Gasteiger partial charge is 0.200 e. The van der Waals surface area contributed by atoms with E-state index in [-0.39, 0.29) is 5.75 Å². The van der Waals surface area contributed by atoms with E-state index in [0.29, 0.717) is 17.2 Å². The second kappa shape index (κ2) is 5.25. The Morgan fingerprint density at radius 3 is 2.00 bits per heavy atom. The quantitative estimate of drug-likeness (QED) is 0.626. The molecule has 0 unspecified atom stereocenters. The monoisotopic (exact) mass is 225 g/mol. The summed E-state index contributed by atoms with van der Waals surface area (Å²) in [6.45, 7) is 1.79. The molecule has 0 aliphatic rings. The van der Waals surface area contributed by atoms with Crippen LogP contribution in [0.2, 0.25) is 0 Å². The fraction of sp³-hybridized carbons (Fsp3) is 0.364. The first-order chi connectivity index (χ1) is 7.63. The van der Waals surface area contributed by atoms with Gasteiger partial charge in [-0.1, -0.05) is 5.16 Å². The van der Waals surface area contributed by atoms with E-state index in [2.05, 4.69) is 9.99 Å². The number of rotatable bonds is 4. The standard InChI is InChI=1S/C11H15NO4/c1-7(12-16-4)8-5-9(14-2)11(13)10(6-8)15-3/h5-6,13H,1-4H3/b12-7-. The van der Waals surface area contributed by atoms with Crippen LogP contribution in [0.4, 0.5) is 0 Å². The highest BCUT2D eigenvalue weighted by Gasteiger charge is 2.12. The van der Waals surface area contributed by atoms with Crippen molar-refractivity contribution in [2.45, 2.75) is 6.92 Å². The highest BCUT2D eigenvalue weighted by molar-refractivity contribution is 5.99. The van der Waals surface area contributed by atoms with Gasteiger partial charge in [0.1, 0.15) is 7.11 Å². The van der Waals surface area contributed by atoms with Gasteiger partial charge in [0.25, 0.3) is 0 Å². The van der Waals surface area contributed by atoms with Crippen LogP contribution < -0.4 is 9.47 Å². The van der Waals surface area contributed by atoms with Crippen LogP contribution in [0.5, 0.6) is 17.2 Å². The minimum Gasteiger partial charge on any atom is -0.502 e. The van der Waals surface area contributed by atoms with Gasteiger partial charge in [0, 0.05) is 5.56 Å². The number of phenolic OH excluding ortho intramolecular Hbond substituents is 1. The molecular weight excluding hydrogens is 210 g/mol. The van der Waals surface area contributed by atoms with Crippen LogP contribution >= 0.6 is 0 Å². The first kappa shape index (κ1) is 12.2. The summed E-state index contributed by atoms with van der Waals surface area (Å²) in [7, 11) is 4.42. The van der Waals surface area contributed by atoms with Crippen LogP contribution in [0.15, 0.2) is 17.3 Å². The molecule has 0 saturated carbocycles. The first-order valence-corrected chi connectivity index (χ1v) is 4.67. The molecule has 1 N–H and O–H groups in total. The summed E-state index contributed by atoms with van der Waals surface area (Å²) >= 11 is 0. The first-order valence-electron chi connectivity index (χ1n) is 4.67. The molecule has 0 aliphatic heterocycles.